The number of rotatable bonds is 10. The molecule has 3 atom stereocenters. The van der Waals surface area contributed by atoms with Crippen LogP contribution in [0, 0.1) is 23.7 Å². The van der Waals surface area contributed by atoms with Crippen molar-refractivity contribution in [1.82, 2.24) is 10.6 Å². The molecule has 0 aromatic rings. The van der Waals surface area contributed by atoms with Crippen LogP contribution in [0.4, 0.5) is 0 Å². The number of amides is 2. The van der Waals surface area contributed by atoms with Crippen LogP contribution in [0.1, 0.15) is 66.2 Å². The molecule has 0 radical (unpaired) electrons. The Bertz CT molecular complexity index is 501. The summed E-state index contributed by atoms with van der Waals surface area (Å²) in [5.41, 5.74) is 5.94. The largest absolute Gasteiger partial charge is 0.480 e. The summed E-state index contributed by atoms with van der Waals surface area (Å²) >= 11 is 0. The summed E-state index contributed by atoms with van der Waals surface area (Å²) in [6, 6.07) is -1.30. The zero-order valence-corrected chi connectivity index (χ0v) is 17.2. The van der Waals surface area contributed by atoms with Crippen LogP contribution in [0.5, 0.6) is 0 Å². The predicted octanol–water partition coefficient (Wildman–Crippen LogP) is 1.90. The monoisotopic (exact) mass is 383 g/mol. The molecule has 0 heterocycles. The van der Waals surface area contributed by atoms with Crippen LogP contribution in [0.15, 0.2) is 0 Å². The Kier molecular flexibility index (Phi) is 9.77. The van der Waals surface area contributed by atoms with Crippen LogP contribution < -0.4 is 16.4 Å². The van der Waals surface area contributed by atoms with Crippen molar-refractivity contribution >= 4 is 17.8 Å². The third-order valence-electron chi connectivity index (χ3n) is 5.66. The average Bonchev–Trinajstić information content (AvgIpc) is 2.64. The molecule has 0 aromatic heterocycles. The van der Waals surface area contributed by atoms with Gasteiger partial charge in [0.05, 0.1) is 6.04 Å². The van der Waals surface area contributed by atoms with Crippen molar-refractivity contribution < 1.29 is 19.5 Å². The van der Waals surface area contributed by atoms with Gasteiger partial charge in [-0.1, -0.05) is 34.1 Å². The van der Waals surface area contributed by atoms with Crippen molar-refractivity contribution in [2.24, 2.45) is 29.4 Å². The van der Waals surface area contributed by atoms with Gasteiger partial charge in [-0.05, 0) is 49.9 Å². The molecule has 156 valence electrons. The van der Waals surface area contributed by atoms with Gasteiger partial charge in [-0.15, -0.1) is 0 Å². The summed E-state index contributed by atoms with van der Waals surface area (Å²) in [6.07, 6.45) is 4.43. The molecule has 7 nitrogen and oxygen atoms in total. The van der Waals surface area contributed by atoms with E-state index < -0.39 is 18.1 Å². The number of carboxylic acids is 1. The lowest BCUT2D eigenvalue weighted by Gasteiger charge is -2.29. The van der Waals surface area contributed by atoms with E-state index in [2.05, 4.69) is 10.6 Å². The smallest absolute Gasteiger partial charge is 0.326 e. The number of carbonyl (C=O) groups is 3. The fraction of sp³-hybridized carbons (Fsp3) is 0.850. The van der Waals surface area contributed by atoms with E-state index in [9.17, 15) is 19.5 Å². The molecule has 0 aliphatic heterocycles. The van der Waals surface area contributed by atoms with Crippen LogP contribution >= 0.6 is 0 Å². The van der Waals surface area contributed by atoms with Crippen molar-refractivity contribution in [3.63, 3.8) is 0 Å². The van der Waals surface area contributed by atoms with Crippen LogP contribution in [0.25, 0.3) is 0 Å². The standard InChI is InChI=1S/C20H37N3O4/c1-5-13(4)17(21)19(25)22-11-14-6-8-15(9-7-14)18(24)23-16(20(26)27)10-12(2)3/h12-17H,5-11,21H2,1-4H3,(H,22,25)(H,23,24)(H,26,27)/t13?,14?,15?,16-,17-/m0/s1. The number of hydrogen-bond donors (Lipinski definition) is 4. The van der Waals surface area contributed by atoms with Crippen LogP contribution in [-0.2, 0) is 14.4 Å². The van der Waals surface area contributed by atoms with Crippen molar-refractivity contribution in [3.05, 3.63) is 0 Å². The van der Waals surface area contributed by atoms with Gasteiger partial charge in [0, 0.05) is 12.5 Å². The Morgan fingerprint density at radius 1 is 1.11 bits per heavy atom. The Morgan fingerprint density at radius 2 is 1.70 bits per heavy atom. The molecule has 1 fully saturated rings. The Hall–Kier alpha value is -1.63. The van der Waals surface area contributed by atoms with Crippen molar-refractivity contribution in [1.29, 1.82) is 0 Å². The highest BCUT2D eigenvalue weighted by Gasteiger charge is 2.30. The van der Waals surface area contributed by atoms with Gasteiger partial charge < -0.3 is 21.5 Å². The van der Waals surface area contributed by atoms with Crippen molar-refractivity contribution in [2.45, 2.75) is 78.3 Å². The highest BCUT2D eigenvalue weighted by atomic mass is 16.4. The van der Waals surface area contributed by atoms with E-state index in [0.29, 0.717) is 18.9 Å². The molecular formula is C20H37N3O4. The summed E-state index contributed by atoms with van der Waals surface area (Å²) in [7, 11) is 0. The summed E-state index contributed by atoms with van der Waals surface area (Å²) < 4.78 is 0. The van der Waals surface area contributed by atoms with Gasteiger partial charge in [0.25, 0.3) is 0 Å². The molecule has 1 aliphatic rings. The molecule has 0 spiro atoms. The minimum Gasteiger partial charge on any atom is -0.480 e. The molecule has 1 aliphatic carbocycles. The van der Waals surface area contributed by atoms with Crippen LogP contribution in [-0.4, -0.2) is 41.5 Å². The minimum atomic E-state index is -0.980. The molecule has 2 amide bonds. The number of aliphatic carboxylic acids is 1. The van der Waals surface area contributed by atoms with E-state index in [4.69, 9.17) is 5.73 Å². The first-order chi connectivity index (χ1) is 12.6. The van der Waals surface area contributed by atoms with Gasteiger partial charge in [-0.3, -0.25) is 9.59 Å². The summed E-state index contributed by atoms with van der Waals surface area (Å²) in [6.45, 7) is 8.45. The predicted molar refractivity (Wildman–Crippen MR) is 105 cm³/mol. The lowest BCUT2D eigenvalue weighted by Crippen LogP contribution is -2.47. The van der Waals surface area contributed by atoms with E-state index in [-0.39, 0.29) is 29.6 Å². The van der Waals surface area contributed by atoms with Gasteiger partial charge in [0.1, 0.15) is 6.04 Å². The second-order valence-electron chi connectivity index (χ2n) is 8.40. The normalized spacial score (nSPS) is 23.3. The second kappa shape index (κ2) is 11.3. The highest BCUT2D eigenvalue weighted by molar-refractivity contribution is 5.85. The van der Waals surface area contributed by atoms with E-state index in [1.807, 2.05) is 27.7 Å². The first-order valence-electron chi connectivity index (χ1n) is 10.2. The molecular weight excluding hydrogens is 346 g/mol. The van der Waals surface area contributed by atoms with Gasteiger partial charge in [-0.2, -0.15) is 0 Å². The topological polar surface area (TPSA) is 122 Å². The van der Waals surface area contributed by atoms with Gasteiger partial charge in [0.15, 0.2) is 0 Å². The summed E-state index contributed by atoms with van der Waals surface area (Å²) in [5, 5.41) is 14.9. The fourth-order valence-corrected chi connectivity index (χ4v) is 3.49. The van der Waals surface area contributed by atoms with Gasteiger partial charge >= 0.3 is 5.97 Å². The average molecular weight is 384 g/mol. The molecule has 0 bridgehead atoms. The van der Waals surface area contributed by atoms with E-state index >= 15 is 0 Å². The first-order valence-corrected chi connectivity index (χ1v) is 10.2. The minimum absolute atomic E-state index is 0.109. The number of carbonyl (C=O) groups excluding carboxylic acids is 2. The molecule has 1 rings (SSSR count). The van der Waals surface area contributed by atoms with Gasteiger partial charge in [-0.25, -0.2) is 4.79 Å². The zero-order chi connectivity index (χ0) is 20.6. The number of carboxylic acid groups (broad SMARTS) is 1. The number of nitrogens with one attached hydrogen (secondary N) is 2. The quantitative estimate of drug-likeness (QED) is 0.459. The maximum Gasteiger partial charge on any atom is 0.326 e. The Morgan fingerprint density at radius 3 is 2.19 bits per heavy atom. The van der Waals surface area contributed by atoms with E-state index in [0.717, 1.165) is 32.1 Å². The second-order valence-corrected chi connectivity index (χ2v) is 8.40. The molecule has 0 saturated heterocycles. The Labute approximate surface area is 162 Å². The SMILES string of the molecule is CCC(C)[C@H](N)C(=O)NCC1CCC(C(=O)N[C@@H](CC(C)C)C(=O)O)CC1. The Balaban J connectivity index is 2.39. The fourth-order valence-electron chi connectivity index (χ4n) is 3.49. The zero-order valence-electron chi connectivity index (χ0n) is 17.2. The molecule has 7 heteroatoms. The number of hydrogen-bond acceptors (Lipinski definition) is 4. The molecule has 1 saturated carbocycles. The molecule has 5 N–H and O–H groups in total. The lowest BCUT2D eigenvalue weighted by atomic mass is 9.81. The first kappa shape index (κ1) is 23.4. The third kappa shape index (κ3) is 7.87. The van der Waals surface area contributed by atoms with Gasteiger partial charge in [0.2, 0.25) is 11.8 Å². The van der Waals surface area contributed by atoms with Crippen LogP contribution in [0.3, 0.4) is 0 Å². The molecule has 1 unspecified atom stereocenters. The van der Waals surface area contributed by atoms with Crippen molar-refractivity contribution in [2.75, 3.05) is 6.54 Å². The van der Waals surface area contributed by atoms with E-state index in [1.165, 1.54) is 0 Å². The highest BCUT2D eigenvalue weighted by Crippen LogP contribution is 2.28. The lowest BCUT2D eigenvalue weighted by molar-refractivity contribution is -0.143. The summed E-state index contributed by atoms with van der Waals surface area (Å²) in [4.78, 5) is 35.8. The molecule has 27 heavy (non-hydrogen) atoms. The summed E-state index contributed by atoms with van der Waals surface area (Å²) in [5.74, 6) is -0.705. The number of nitrogens with two attached hydrogens (primary N) is 1. The van der Waals surface area contributed by atoms with Crippen molar-refractivity contribution in [3.8, 4) is 0 Å². The van der Waals surface area contributed by atoms with E-state index in [1.54, 1.807) is 0 Å². The maximum absolute atomic E-state index is 12.4. The molecule has 0 aromatic carbocycles. The third-order valence-corrected chi connectivity index (χ3v) is 5.66. The van der Waals surface area contributed by atoms with Crippen LogP contribution in [0.2, 0.25) is 0 Å². The maximum atomic E-state index is 12.4.